The maximum atomic E-state index is 12.4. The Labute approximate surface area is 130 Å². The summed E-state index contributed by atoms with van der Waals surface area (Å²) in [4.78, 5) is 14.1. The number of carbonyl (C=O) groups is 1. The molecule has 0 fully saturated rings. The van der Waals surface area contributed by atoms with Gasteiger partial charge in [-0.15, -0.1) is 0 Å². The fourth-order valence-electron chi connectivity index (χ4n) is 2.66. The van der Waals surface area contributed by atoms with Gasteiger partial charge in [-0.25, -0.2) is 0 Å². The normalized spacial score (nSPS) is 17.0. The van der Waals surface area contributed by atoms with Crippen LogP contribution in [0.15, 0.2) is 48.5 Å². The molecule has 0 saturated carbocycles. The highest BCUT2D eigenvalue weighted by molar-refractivity contribution is 5.95. The first-order valence-electron chi connectivity index (χ1n) is 7.42. The van der Waals surface area contributed by atoms with Crippen LogP contribution in [0.2, 0.25) is 0 Å². The van der Waals surface area contributed by atoms with E-state index in [1.54, 1.807) is 4.90 Å². The second-order valence-electron chi connectivity index (χ2n) is 5.51. The number of aliphatic hydroxyl groups is 1. The van der Waals surface area contributed by atoms with Gasteiger partial charge in [0.05, 0.1) is 6.10 Å². The van der Waals surface area contributed by atoms with E-state index < -0.39 is 6.10 Å². The van der Waals surface area contributed by atoms with E-state index >= 15 is 0 Å². The molecule has 2 aromatic rings. The van der Waals surface area contributed by atoms with Gasteiger partial charge in [-0.1, -0.05) is 35.9 Å². The van der Waals surface area contributed by atoms with E-state index in [1.807, 2.05) is 55.5 Å². The predicted molar refractivity (Wildman–Crippen MR) is 85.0 cm³/mol. The number of carbonyl (C=O) groups excluding carboxylic acids is 1. The van der Waals surface area contributed by atoms with Crippen LogP contribution >= 0.6 is 0 Å². The van der Waals surface area contributed by atoms with Gasteiger partial charge in [0.2, 0.25) is 0 Å². The third-order valence-electron chi connectivity index (χ3n) is 3.90. The number of para-hydroxylation sites is 1. The van der Waals surface area contributed by atoms with Crippen LogP contribution in [-0.2, 0) is 4.79 Å². The monoisotopic (exact) mass is 297 g/mol. The second-order valence-corrected chi connectivity index (χ2v) is 5.51. The zero-order chi connectivity index (χ0) is 15.5. The van der Waals surface area contributed by atoms with Crippen molar-refractivity contribution in [2.24, 2.45) is 0 Å². The lowest BCUT2D eigenvalue weighted by Crippen LogP contribution is -2.39. The van der Waals surface area contributed by atoms with Crippen LogP contribution in [0.25, 0.3) is 0 Å². The number of anilines is 1. The van der Waals surface area contributed by atoms with Crippen LogP contribution < -0.4 is 9.64 Å². The number of rotatable bonds is 3. The summed E-state index contributed by atoms with van der Waals surface area (Å²) < 4.78 is 5.56. The summed E-state index contributed by atoms with van der Waals surface area (Å²) in [5, 5.41) is 10.0. The highest BCUT2D eigenvalue weighted by atomic mass is 16.5. The second kappa shape index (κ2) is 6.20. The lowest BCUT2D eigenvalue weighted by atomic mass is 9.99. The molecule has 114 valence electrons. The van der Waals surface area contributed by atoms with Crippen LogP contribution in [-0.4, -0.2) is 24.2 Å². The Bertz CT molecular complexity index is 666. The van der Waals surface area contributed by atoms with Crippen molar-refractivity contribution in [2.75, 3.05) is 18.1 Å². The molecule has 2 aromatic carbocycles. The number of hydrogen-bond donors (Lipinski definition) is 1. The number of amides is 1. The molecule has 1 aliphatic heterocycles. The molecule has 4 nitrogen and oxygen atoms in total. The molecule has 3 rings (SSSR count). The molecule has 0 saturated heterocycles. The average Bonchev–Trinajstić information content (AvgIpc) is 2.55. The Hall–Kier alpha value is -2.33. The minimum Gasteiger partial charge on any atom is -0.484 e. The van der Waals surface area contributed by atoms with Crippen molar-refractivity contribution in [3.63, 3.8) is 0 Å². The molecular weight excluding hydrogens is 278 g/mol. The van der Waals surface area contributed by atoms with E-state index in [2.05, 4.69) is 0 Å². The zero-order valence-corrected chi connectivity index (χ0v) is 12.5. The molecule has 0 aromatic heterocycles. The van der Waals surface area contributed by atoms with Crippen LogP contribution in [0, 0.1) is 6.92 Å². The van der Waals surface area contributed by atoms with E-state index in [9.17, 15) is 9.90 Å². The van der Waals surface area contributed by atoms with Gasteiger partial charge in [0.25, 0.3) is 5.91 Å². The number of benzene rings is 2. The first-order chi connectivity index (χ1) is 10.6. The minimum atomic E-state index is -0.502. The fraction of sp³-hybridized carbons (Fsp3) is 0.278. The summed E-state index contributed by atoms with van der Waals surface area (Å²) in [6.07, 6.45) is 0.0473. The van der Waals surface area contributed by atoms with Gasteiger partial charge in [0.15, 0.2) is 6.61 Å². The van der Waals surface area contributed by atoms with Crippen LogP contribution in [0.3, 0.4) is 0 Å². The highest BCUT2D eigenvalue weighted by Crippen LogP contribution is 2.33. The van der Waals surface area contributed by atoms with E-state index in [0.717, 1.165) is 16.8 Å². The Morgan fingerprint density at radius 3 is 2.73 bits per heavy atom. The van der Waals surface area contributed by atoms with Gasteiger partial charge >= 0.3 is 0 Å². The van der Waals surface area contributed by atoms with Gasteiger partial charge in [-0.3, -0.25) is 4.79 Å². The van der Waals surface area contributed by atoms with Crippen LogP contribution in [0.4, 0.5) is 5.69 Å². The molecule has 4 heteroatoms. The summed E-state index contributed by atoms with van der Waals surface area (Å²) >= 11 is 0. The molecule has 22 heavy (non-hydrogen) atoms. The van der Waals surface area contributed by atoms with Crippen LogP contribution in [0.1, 0.15) is 23.7 Å². The van der Waals surface area contributed by atoms with Crippen molar-refractivity contribution in [3.05, 3.63) is 59.7 Å². The molecule has 1 N–H and O–H groups in total. The van der Waals surface area contributed by atoms with E-state index in [0.29, 0.717) is 18.7 Å². The molecule has 0 spiro atoms. The molecule has 1 atom stereocenters. The Morgan fingerprint density at radius 1 is 1.23 bits per heavy atom. The Balaban J connectivity index is 1.70. The molecule has 0 bridgehead atoms. The highest BCUT2D eigenvalue weighted by Gasteiger charge is 2.27. The number of fused-ring (bicyclic) bond motifs is 1. The molecule has 0 aliphatic carbocycles. The van der Waals surface area contributed by atoms with E-state index in [4.69, 9.17) is 4.74 Å². The third-order valence-corrected chi connectivity index (χ3v) is 3.90. The van der Waals surface area contributed by atoms with Crippen molar-refractivity contribution >= 4 is 11.6 Å². The zero-order valence-electron chi connectivity index (χ0n) is 12.5. The summed E-state index contributed by atoms with van der Waals surface area (Å²) in [5.74, 6) is 0.587. The first kappa shape index (κ1) is 14.6. The standard InChI is InChI=1S/C18H19NO3/c1-13-6-8-14(9-7-13)22-12-18(21)19-11-10-17(20)15-4-2-3-5-16(15)19/h2-9,17,20H,10-12H2,1H3. The van der Waals surface area contributed by atoms with E-state index in [-0.39, 0.29) is 12.5 Å². The first-order valence-corrected chi connectivity index (χ1v) is 7.42. The Morgan fingerprint density at radius 2 is 1.95 bits per heavy atom. The number of ether oxygens (including phenoxy) is 1. The predicted octanol–water partition coefficient (Wildman–Crippen LogP) is 2.84. The van der Waals surface area contributed by atoms with Gasteiger partial charge in [0.1, 0.15) is 5.75 Å². The quantitative estimate of drug-likeness (QED) is 0.947. The van der Waals surface area contributed by atoms with Gasteiger partial charge in [-0.05, 0) is 31.5 Å². The lowest BCUT2D eigenvalue weighted by Gasteiger charge is -2.32. The van der Waals surface area contributed by atoms with Crippen molar-refractivity contribution in [1.29, 1.82) is 0 Å². The molecule has 0 radical (unpaired) electrons. The summed E-state index contributed by atoms with van der Waals surface area (Å²) in [6.45, 7) is 2.51. The molecule has 1 unspecified atom stereocenters. The molecule has 1 heterocycles. The molecule has 1 amide bonds. The van der Waals surface area contributed by atoms with Gasteiger partial charge < -0.3 is 14.7 Å². The number of aryl methyl sites for hydroxylation is 1. The average molecular weight is 297 g/mol. The number of hydrogen-bond acceptors (Lipinski definition) is 3. The molecular formula is C18H19NO3. The number of nitrogens with zero attached hydrogens (tertiary/aromatic N) is 1. The Kier molecular flexibility index (Phi) is 4.11. The van der Waals surface area contributed by atoms with Crippen molar-refractivity contribution in [3.8, 4) is 5.75 Å². The molecule has 1 aliphatic rings. The smallest absolute Gasteiger partial charge is 0.264 e. The lowest BCUT2D eigenvalue weighted by molar-refractivity contribution is -0.120. The topological polar surface area (TPSA) is 49.8 Å². The maximum Gasteiger partial charge on any atom is 0.264 e. The SMILES string of the molecule is Cc1ccc(OCC(=O)N2CCC(O)c3ccccc32)cc1. The van der Waals surface area contributed by atoms with Gasteiger partial charge in [0, 0.05) is 17.8 Å². The summed E-state index contributed by atoms with van der Waals surface area (Å²) in [5.41, 5.74) is 2.73. The summed E-state index contributed by atoms with van der Waals surface area (Å²) in [6, 6.07) is 15.1. The maximum absolute atomic E-state index is 12.4. The number of aliphatic hydroxyl groups excluding tert-OH is 1. The van der Waals surface area contributed by atoms with Crippen LogP contribution in [0.5, 0.6) is 5.75 Å². The van der Waals surface area contributed by atoms with Crippen molar-refractivity contribution < 1.29 is 14.6 Å². The third kappa shape index (κ3) is 2.97. The van der Waals surface area contributed by atoms with Crippen molar-refractivity contribution in [2.45, 2.75) is 19.4 Å². The van der Waals surface area contributed by atoms with Gasteiger partial charge in [-0.2, -0.15) is 0 Å². The van der Waals surface area contributed by atoms with Crippen molar-refractivity contribution in [1.82, 2.24) is 0 Å². The minimum absolute atomic E-state index is 0.00646. The largest absolute Gasteiger partial charge is 0.484 e. The fourth-order valence-corrected chi connectivity index (χ4v) is 2.66. The van der Waals surface area contributed by atoms with E-state index in [1.165, 1.54) is 0 Å². The summed E-state index contributed by atoms with van der Waals surface area (Å²) in [7, 11) is 0.